The highest BCUT2D eigenvalue weighted by molar-refractivity contribution is 5.13. The minimum absolute atomic E-state index is 0.352. The van der Waals surface area contributed by atoms with Gasteiger partial charge in [0, 0.05) is 19.1 Å². The van der Waals surface area contributed by atoms with Crippen LogP contribution in [0.1, 0.15) is 26.2 Å². The van der Waals surface area contributed by atoms with Crippen molar-refractivity contribution in [2.75, 3.05) is 32.7 Å². The fraction of sp³-hybridized carbons (Fsp3) is 1.00. The van der Waals surface area contributed by atoms with Gasteiger partial charge in [-0.25, -0.2) is 0 Å². The largest absolute Gasteiger partial charge is 0.326 e. The van der Waals surface area contributed by atoms with Crippen molar-refractivity contribution in [1.82, 2.24) is 9.80 Å². The summed E-state index contributed by atoms with van der Waals surface area (Å²) in [6.45, 7) is 8.57. The Morgan fingerprint density at radius 2 is 1.93 bits per heavy atom. The van der Waals surface area contributed by atoms with Crippen molar-refractivity contribution >= 4 is 0 Å². The second-order valence-electron chi connectivity index (χ2n) is 5.52. The lowest BCUT2D eigenvalue weighted by atomic mass is 9.69. The van der Waals surface area contributed by atoms with Crippen LogP contribution in [0.4, 0.5) is 0 Å². The molecular formula is C12H23N3. The first-order chi connectivity index (χ1) is 7.27. The number of likely N-dealkylation sites (N-methyl/N-ethyl adjacent to an activating group) is 1. The molecule has 15 heavy (non-hydrogen) atoms. The van der Waals surface area contributed by atoms with Gasteiger partial charge in [-0.1, -0.05) is 6.92 Å². The Balaban J connectivity index is 1.93. The second-order valence-corrected chi connectivity index (χ2v) is 5.52. The van der Waals surface area contributed by atoms with Crippen LogP contribution < -0.4 is 5.73 Å². The van der Waals surface area contributed by atoms with Crippen molar-refractivity contribution in [2.45, 2.75) is 37.8 Å². The number of nitrogens with two attached hydrogens (primary N) is 1. The topological polar surface area (TPSA) is 32.5 Å². The standard InChI is InChI=1S/C12H23N3/c1-2-15-8-5-11(13)12(15)9-14-6-3-10(12)4-7-14/h10-11H,2-9,13H2,1H3. The van der Waals surface area contributed by atoms with Crippen LogP contribution in [0, 0.1) is 5.92 Å². The van der Waals surface area contributed by atoms with E-state index >= 15 is 0 Å². The zero-order valence-corrected chi connectivity index (χ0v) is 9.78. The minimum Gasteiger partial charge on any atom is -0.326 e. The summed E-state index contributed by atoms with van der Waals surface area (Å²) >= 11 is 0. The number of hydrogen-bond acceptors (Lipinski definition) is 3. The molecule has 4 aliphatic rings. The molecule has 0 aromatic carbocycles. The van der Waals surface area contributed by atoms with Gasteiger partial charge in [-0.2, -0.15) is 0 Å². The summed E-state index contributed by atoms with van der Waals surface area (Å²) < 4.78 is 0. The summed E-state index contributed by atoms with van der Waals surface area (Å²) in [6.07, 6.45) is 3.96. The Bertz CT molecular complexity index is 247. The van der Waals surface area contributed by atoms with E-state index in [4.69, 9.17) is 5.73 Å². The highest BCUT2D eigenvalue weighted by atomic mass is 15.3. The third-order valence-electron chi connectivity index (χ3n) is 5.09. The van der Waals surface area contributed by atoms with Gasteiger partial charge in [-0.3, -0.25) is 4.90 Å². The molecule has 0 saturated carbocycles. The average molecular weight is 209 g/mol. The minimum atomic E-state index is 0.352. The van der Waals surface area contributed by atoms with Gasteiger partial charge in [0.25, 0.3) is 0 Å². The van der Waals surface area contributed by atoms with Crippen molar-refractivity contribution < 1.29 is 0 Å². The van der Waals surface area contributed by atoms with E-state index in [0.717, 1.165) is 5.92 Å². The lowest BCUT2D eigenvalue weighted by Gasteiger charge is -2.57. The first-order valence-electron chi connectivity index (χ1n) is 6.50. The van der Waals surface area contributed by atoms with Crippen molar-refractivity contribution in [3.05, 3.63) is 0 Å². The number of nitrogens with zero attached hydrogens (tertiary/aromatic N) is 2. The summed E-state index contributed by atoms with van der Waals surface area (Å²) in [7, 11) is 0. The van der Waals surface area contributed by atoms with Crippen LogP contribution in [0.25, 0.3) is 0 Å². The Kier molecular flexibility index (Phi) is 2.31. The molecule has 0 amide bonds. The fourth-order valence-corrected chi connectivity index (χ4v) is 4.30. The lowest BCUT2D eigenvalue weighted by Crippen LogP contribution is -2.70. The van der Waals surface area contributed by atoms with Crippen molar-refractivity contribution in [3.63, 3.8) is 0 Å². The number of likely N-dealkylation sites (tertiary alicyclic amines) is 1. The Labute approximate surface area is 92.6 Å². The molecule has 2 bridgehead atoms. The second kappa shape index (κ2) is 3.44. The summed E-state index contributed by atoms with van der Waals surface area (Å²) in [5.41, 5.74) is 6.78. The van der Waals surface area contributed by atoms with E-state index in [9.17, 15) is 0 Å². The van der Waals surface area contributed by atoms with Crippen LogP contribution in [0.3, 0.4) is 0 Å². The van der Waals surface area contributed by atoms with E-state index < -0.39 is 0 Å². The molecule has 0 aliphatic carbocycles. The maximum atomic E-state index is 6.43. The number of rotatable bonds is 1. The van der Waals surface area contributed by atoms with Gasteiger partial charge >= 0.3 is 0 Å². The van der Waals surface area contributed by atoms with Crippen molar-refractivity contribution in [1.29, 1.82) is 0 Å². The van der Waals surface area contributed by atoms with Gasteiger partial charge in [0.15, 0.2) is 0 Å². The van der Waals surface area contributed by atoms with Crippen LogP contribution in [0.5, 0.6) is 0 Å². The van der Waals surface area contributed by atoms with Gasteiger partial charge in [0.05, 0.1) is 5.54 Å². The van der Waals surface area contributed by atoms with Crippen LogP contribution in [-0.2, 0) is 0 Å². The van der Waals surface area contributed by atoms with Gasteiger partial charge in [0.2, 0.25) is 0 Å². The highest BCUT2D eigenvalue weighted by Crippen LogP contribution is 2.45. The molecule has 3 heteroatoms. The molecule has 4 heterocycles. The Hall–Kier alpha value is -0.120. The normalized spacial score (nSPS) is 50.4. The van der Waals surface area contributed by atoms with Crippen LogP contribution >= 0.6 is 0 Å². The van der Waals surface area contributed by atoms with Crippen molar-refractivity contribution in [3.8, 4) is 0 Å². The molecule has 4 saturated heterocycles. The smallest absolute Gasteiger partial charge is 0.0516 e. The molecule has 4 rings (SSSR count). The fourth-order valence-electron chi connectivity index (χ4n) is 4.30. The van der Waals surface area contributed by atoms with E-state index in [0.29, 0.717) is 11.6 Å². The Morgan fingerprint density at radius 1 is 1.20 bits per heavy atom. The predicted molar refractivity (Wildman–Crippen MR) is 61.7 cm³/mol. The van der Waals surface area contributed by atoms with E-state index in [1.807, 2.05) is 0 Å². The summed E-state index contributed by atoms with van der Waals surface area (Å²) in [4.78, 5) is 5.31. The van der Waals surface area contributed by atoms with Crippen LogP contribution in [0.15, 0.2) is 0 Å². The zero-order valence-electron chi connectivity index (χ0n) is 9.78. The third-order valence-corrected chi connectivity index (χ3v) is 5.09. The molecule has 0 aromatic heterocycles. The van der Waals surface area contributed by atoms with Crippen LogP contribution in [0.2, 0.25) is 0 Å². The van der Waals surface area contributed by atoms with E-state index in [1.165, 1.54) is 52.0 Å². The van der Waals surface area contributed by atoms with E-state index in [1.54, 1.807) is 0 Å². The maximum absolute atomic E-state index is 6.43. The molecule has 0 radical (unpaired) electrons. The molecule has 86 valence electrons. The van der Waals surface area contributed by atoms with Crippen LogP contribution in [-0.4, -0.2) is 54.1 Å². The average Bonchev–Trinajstić information content (AvgIpc) is 2.58. The molecule has 1 spiro atoms. The van der Waals surface area contributed by atoms with E-state index in [2.05, 4.69) is 16.7 Å². The number of fused-ring (bicyclic) bond motifs is 2. The monoisotopic (exact) mass is 209 g/mol. The third kappa shape index (κ3) is 1.23. The number of piperidine rings is 3. The maximum Gasteiger partial charge on any atom is 0.0516 e. The lowest BCUT2D eigenvalue weighted by molar-refractivity contribution is -0.0561. The first-order valence-corrected chi connectivity index (χ1v) is 6.50. The zero-order chi connectivity index (χ0) is 10.5. The molecule has 2 unspecified atom stereocenters. The molecule has 2 atom stereocenters. The molecule has 2 N–H and O–H groups in total. The van der Waals surface area contributed by atoms with Crippen molar-refractivity contribution in [2.24, 2.45) is 11.7 Å². The molecule has 4 aliphatic heterocycles. The van der Waals surface area contributed by atoms with Gasteiger partial charge in [0.1, 0.15) is 0 Å². The van der Waals surface area contributed by atoms with Gasteiger partial charge < -0.3 is 10.6 Å². The SMILES string of the molecule is CCN1CCC(N)C12CN1CCC2CC1. The van der Waals surface area contributed by atoms with Gasteiger partial charge in [-0.15, -0.1) is 0 Å². The molecule has 0 aromatic rings. The first kappa shape index (κ1) is 10.1. The predicted octanol–water partition coefficient (Wildman–Crippen LogP) is 0.504. The summed E-state index contributed by atoms with van der Waals surface area (Å²) in [5.74, 6) is 0.875. The molecule has 4 fully saturated rings. The summed E-state index contributed by atoms with van der Waals surface area (Å²) in [5, 5.41) is 0. The Morgan fingerprint density at radius 3 is 2.47 bits per heavy atom. The molecule has 3 nitrogen and oxygen atoms in total. The van der Waals surface area contributed by atoms with E-state index in [-0.39, 0.29) is 0 Å². The highest BCUT2D eigenvalue weighted by Gasteiger charge is 2.55. The van der Waals surface area contributed by atoms with Gasteiger partial charge in [-0.05, 0) is 44.8 Å². The molecular weight excluding hydrogens is 186 g/mol. The number of hydrogen-bond donors (Lipinski definition) is 1. The summed E-state index contributed by atoms with van der Waals surface area (Å²) in [6, 6.07) is 0.422. The quantitative estimate of drug-likeness (QED) is 0.683.